The molecule has 1 aromatic heterocycles. The Hall–Kier alpha value is -0.950. The lowest BCUT2D eigenvalue weighted by Crippen LogP contribution is -2.38. The highest BCUT2D eigenvalue weighted by atomic mass is 16.5. The molecule has 1 saturated heterocycles. The van der Waals surface area contributed by atoms with Crippen molar-refractivity contribution in [2.45, 2.75) is 13.1 Å². The fraction of sp³-hybridized carbons (Fsp3) is 0.769. The molecule has 0 bridgehead atoms. The Morgan fingerprint density at radius 3 is 3.00 bits per heavy atom. The molecule has 0 spiro atoms. The minimum absolute atomic E-state index is 0.734. The smallest absolute Gasteiger partial charge is 0.0950 e. The fourth-order valence-corrected chi connectivity index (χ4v) is 2.09. The highest BCUT2D eigenvalue weighted by Crippen LogP contribution is 2.00. The van der Waals surface area contributed by atoms with Gasteiger partial charge in [-0.15, -0.1) is 0 Å². The van der Waals surface area contributed by atoms with E-state index in [0.29, 0.717) is 0 Å². The van der Waals surface area contributed by atoms with Gasteiger partial charge in [0.05, 0.1) is 31.8 Å². The maximum atomic E-state index is 5.34. The Kier molecular flexibility index (Phi) is 6.29. The molecule has 0 unspecified atom stereocenters. The van der Waals surface area contributed by atoms with Gasteiger partial charge in [-0.2, -0.15) is 0 Å². The highest BCUT2D eigenvalue weighted by Gasteiger charge is 2.09. The van der Waals surface area contributed by atoms with Gasteiger partial charge in [0, 0.05) is 52.6 Å². The monoisotopic (exact) mass is 268 g/mol. The van der Waals surface area contributed by atoms with Gasteiger partial charge in [0.15, 0.2) is 0 Å². The minimum Gasteiger partial charge on any atom is -0.383 e. The molecule has 1 aliphatic heterocycles. The molecule has 19 heavy (non-hydrogen) atoms. The highest BCUT2D eigenvalue weighted by molar-refractivity contribution is 4.96. The molecular formula is C13H24N4O2. The molecular weight excluding hydrogens is 244 g/mol. The van der Waals surface area contributed by atoms with Crippen LogP contribution < -0.4 is 5.32 Å². The van der Waals surface area contributed by atoms with Crippen LogP contribution in [0.15, 0.2) is 12.5 Å². The van der Waals surface area contributed by atoms with Crippen LogP contribution in [0.3, 0.4) is 0 Å². The first-order valence-electron chi connectivity index (χ1n) is 6.89. The molecule has 0 atom stereocenters. The van der Waals surface area contributed by atoms with Crippen molar-refractivity contribution >= 4 is 0 Å². The lowest BCUT2D eigenvalue weighted by molar-refractivity contribution is 0.0364. The Labute approximate surface area is 114 Å². The van der Waals surface area contributed by atoms with Gasteiger partial charge in [0.1, 0.15) is 0 Å². The maximum Gasteiger partial charge on any atom is 0.0950 e. The topological polar surface area (TPSA) is 51.5 Å². The molecule has 1 aliphatic rings. The van der Waals surface area contributed by atoms with E-state index in [9.17, 15) is 0 Å². The molecule has 0 aromatic carbocycles. The molecule has 0 aliphatic carbocycles. The lowest BCUT2D eigenvalue weighted by atomic mass is 10.4. The summed E-state index contributed by atoms with van der Waals surface area (Å²) in [7, 11) is 1.71. The largest absolute Gasteiger partial charge is 0.383 e. The van der Waals surface area contributed by atoms with Crippen LogP contribution >= 0.6 is 0 Å². The summed E-state index contributed by atoms with van der Waals surface area (Å²) in [5.41, 5.74) is 1.08. The maximum absolute atomic E-state index is 5.34. The summed E-state index contributed by atoms with van der Waals surface area (Å²) >= 11 is 0. The Balaban J connectivity index is 1.65. The van der Waals surface area contributed by atoms with E-state index in [4.69, 9.17) is 9.47 Å². The van der Waals surface area contributed by atoms with Gasteiger partial charge >= 0.3 is 0 Å². The second-order valence-corrected chi connectivity index (χ2v) is 4.73. The van der Waals surface area contributed by atoms with E-state index < -0.39 is 0 Å². The van der Waals surface area contributed by atoms with Crippen LogP contribution in [-0.2, 0) is 22.6 Å². The number of nitrogens with zero attached hydrogens (tertiary/aromatic N) is 3. The number of hydrogen-bond donors (Lipinski definition) is 1. The second-order valence-electron chi connectivity index (χ2n) is 4.73. The van der Waals surface area contributed by atoms with Crippen LogP contribution in [-0.4, -0.2) is 67.6 Å². The van der Waals surface area contributed by atoms with Crippen molar-refractivity contribution < 1.29 is 9.47 Å². The first-order chi connectivity index (χ1) is 9.38. The van der Waals surface area contributed by atoms with Crippen molar-refractivity contribution in [3.8, 4) is 0 Å². The number of nitrogens with one attached hydrogen (secondary N) is 1. The lowest BCUT2D eigenvalue weighted by Gasteiger charge is -2.26. The predicted octanol–water partition coefficient (Wildman–Crippen LogP) is -0.0487. The summed E-state index contributed by atoms with van der Waals surface area (Å²) in [6, 6.07) is 0. The molecule has 6 heteroatoms. The van der Waals surface area contributed by atoms with Gasteiger partial charge < -0.3 is 19.4 Å². The van der Waals surface area contributed by atoms with E-state index in [-0.39, 0.29) is 0 Å². The first-order valence-corrected chi connectivity index (χ1v) is 6.89. The van der Waals surface area contributed by atoms with Crippen LogP contribution in [0, 0.1) is 0 Å². The summed E-state index contributed by atoms with van der Waals surface area (Å²) < 4.78 is 12.5. The standard InChI is InChI=1S/C13H24N4O2/c1-18-7-2-14-10-13-11-17(12-15-13)4-3-16-5-8-19-9-6-16/h11-12,14H,2-10H2,1H3. The number of imidazole rings is 1. The summed E-state index contributed by atoms with van der Waals surface area (Å²) in [5.74, 6) is 0. The Morgan fingerprint density at radius 1 is 1.37 bits per heavy atom. The minimum atomic E-state index is 0.734. The normalized spacial score (nSPS) is 16.9. The number of methoxy groups -OCH3 is 1. The van der Waals surface area contributed by atoms with Crippen LogP contribution in [0.5, 0.6) is 0 Å². The third kappa shape index (κ3) is 5.28. The van der Waals surface area contributed by atoms with E-state index >= 15 is 0 Å². The third-order valence-corrected chi connectivity index (χ3v) is 3.25. The third-order valence-electron chi connectivity index (χ3n) is 3.25. The van der Waals surface area contributed by atoms with Gasteiger partial charge in [-0.3, -0.25) is 4.90 Å². The van der Waals surface area contributed by atoms with Crippen molar-refractivity contribution in [1.82, 2.24) is 19.8 Å². The van der Waals surface area contributed by atoms with Crippen LogP contribution in [0.4, 0.5) is 0 Å². The van der Waals surface area contributed by atoms with Crippen LogP contribution in [0.2, 0.25) is 0 Å². The van der Waals surface area contributed by atoms with Gasteiger partial charge in [0.25, 0.3) is 0 Å². The van der Waals surface area contributed by atoms with Crippen LogP contribution in [0.25, 0.3) is 0 Å². The van der Waals surface area contributed by atoms with Gasteiger partial charge in [-0.25, -0.2) is 4.98 Å². The van der Waals surface area contributed by atoms with Crippen molar-refractivity contribution in [3.63, 3.8) is 0 Å². The van der Waals surface area contributed by atoms with Gasteiger partial charge in [-0.05, 0) is 0 Å². The van der Waals surface area contributed by atoms with Crippen molar-refractivity contribution in [2.24, 2.45) is 0 Å². The zero-order chi connectivity index (χ0) is 13.3. The summed E-state index contributed by atoms with van der Waals surface area (Å²) in [6.07, 6.45) is 4.02. The fourth-order valence-electron chi connectivity index (χ4n) is 2.09. The molecule has 0 radical (unpaired) electrons. The van der Waals surface area contributed by atoms with Crippen molar-refractivity contribution in [2.75, 3.05) is 53.1 Å². The molecule has 2 rings (SSSR count). The molecule has 6 nitrogen and oxygen atoms in total. The number of hydrogen-bond acceptors (Lipinski definition) is 5. The zero-order valence-electron chi connectivity index (χ0n) is 11.7. The predicted molar refractivity (Wildman–Crippen MR) is 73.1 cm³/mol. The van der Waals surface area contributed by atoms with E-state index in [0.717, 1.165) is 64.8 Å². The Morgan fingerprint density at radius 2 is 2.21 bits per heavy atom. The zero-order valence-corrected chi connectivity index (χ0v) is 11.7. The first kappa shape index (κ1) is 14.5. The molecule has 108 valence electrons. The molecule has 2 heterocycles. The number of aromatic nitrogens is 2. The van der Waals surface area contributed by atoms with Crippen molar-refractivity contribution in [3.05, 3.63) is 18.2 Å². The molecule has 0 saturated carbocycles. The summed E-state index contributed by atoms with van der Waals surface area (Å²) in [5, 5.41) is 3.29. The van der Waals surface area contributed by atoms with E-state index in [1.165, 1.54) is 0 Å². The summed E-state index contributed by atoms with van der Waals surface area (Å²) in [6.45, 7) is 8.25. The quantitative estimate of drug-likeness (QED) is 0.670. The molecule has 1 fully saturated rings. The molecule has 1 N–H and O–H groups in total. The van der Waals surface area contributed by atoms with E-state index in [2.05, 4.69) is 26.0 Å². The second kappa shape index (κ2) is 8.27. The van der Waals surface area contributed by atoms with Gasteiger partial charge in [-0.1, -0.05) is 0 Å². The Bertz CT molecular complexity index is 350. The molecule has 1 aromatic rings. The van der Waals surface area contributed by atoms with Crippen molar-refractivity contribution in [1.29, 1.82) is 0 Å². The SMILES string of the molecule is COCCNCc1cn(CCN2CCOCC2)cn1. The van der Waals surface area contributed by atoms with Crippen LogP contribution in [0.1, 0.15) is 5.69 Å². The van der Waals surface area contributed by atoms with E-state index in [1.54, 1.807) is 7.11 Å². The molecule has 0 amide bonds. The average Bonchev–Trinajstić information content (AvgIpc) is 2.91. The summed E-state index contributed by atoms with van der Waals surface area (Å²) in [4.78, 5) is 6.82. The number of ether oxygens (including phenoxy) is 2. The van der Waals surface area contributed by atoms with E-state index in [1.807, 2.05) is 6.33 Å². The average molecular weight is 268 g/mol. The van der Waals surface area contributed by atoms with Gasteiger partial charge in [0.2, 0.25) is 0 Å². The number of rotatable bonds is 8. The number of morpholine rings is 1.